The molecule has 2 unspecified atom stereocenters. The lowest BCUT2D eigenvalue weighted by Crippen LogP contribution is -2.36. The minimum atomic E-state index is -3.28. The summed E-state index contributed by atoms with van der Waals surface area (Å²) >= 11 is 0. The van der Waals surface area contributed by atoms with E-state index in [4.69, 9.17) is 34.5 Å². The normalized spacial score (nSPS) is 27.3. The second kappa shape index (κ2) is 12.4. The molecule has 4 aromatic rings. The van der Waals surface area contributed by atoms with Gasteiger partial charge in [0.05, 0.1) is 25.9 Å². The highest BCUT2D eigenvalue weighted by molar-refractivity contribution is 7.33. The second-order valence-corrected chi connectivity index (χ2v) is 12.0. The van der Waals surface area contributed by atoms with Crippen molar-refractivity contribution in [2.75, 3.05) is 31.8 Å². The standard InChI is InChI=1S/C22H30N10O9P2/c1-37-15-12(6-38-42(34)35)40-21(32-9-28-14-19(32)29-22(24)30-20(14)33)16(15)41-43(36)39-5-10-2-3-11(4-10)31-8-27-13-17(23)25-7-26-18(13)31/h7-12,15-16,21,42-43H,2-6H2,1H3,(H,34,35)(H2,23,25,26)(H3,24,29,30,33)/t10-,11+,12-,15-,16-,21-/m1/s1. The van der Waals surface area contributed by atoms with E-state index in [1.807, 2.05) is 4.57 Å². The van der Waals surface area contributed by atoms with Gasteiger partial charge >= 0.3 is 16.5 Å². The molecule has 8 atom stereocenters. The molecule has 0 aromatic carbocycles. The summed E-state index contributed by atoms with van der Waals surface area (Å²) in [5.74, 6) is 0.256. The van der Waals surface area contributed by atoms with Crippen molar-refractivity contribution < 1.29 is 37.1 Å². The summed E-state index contributed by atoms with van der Waals surface area (Å²) in [6, 6.07) is 0.110. The van der Waals surface area contributed by atoms with E-state index >= 15 is 0 Å². The first-order valence-corrected chi connectivity index (χ1v) is 15.7. The number of rotatable bonds is 11. The van der Waals surface area contributed by atoms with E-state index in [-0.39, 0.29) is 42.3 Å². The quantitative estimate of drug-likeness (QED) is 0.163. The van der Waals surface area contributed by atoms with E-state index in [2.05, 4.69) is 29.9 Å². The van der Waals surface area contributed by atoms with Crippen molar-refractivity contribution in [3.05, 3.63) is 29.3 Å². The number of nitrogens with zero attached hydrogens (tertiary/aromatic N) is 7. The number of ether oxygens (including phenoxy) is 2. The Bertz CT molecular complexity index is 1730. The fraction of sp³-hybridized carbons (Fsp3) is 0.545. The van der Waals surface area contributed by atoms with Crippen molar-refractivity contribution in [2.24, 2.45) is 5.92 Å². The highest BCUT2D eigenvalue weighted by Crippen LogP contribution is 2.43. The third-order valence-electron chi connectivity index (χ3n) is 7.62. The molecule has 1 saturated heterocycles. The first kappa shape index (κ1) is 29.8. The van der Waals surface area contributed by atoms with Crippen molar-refractivity contribution >= 4 is 50.6 Å². The number of nitrogen functional groups attached to an aromatic ring is 2. The van der Waals surface area contributed by atoms with Crippen LogP contribution < -0.4 is 17.0 Å². The van der Waals surface area contributed by atoms with Gasteiger partial charge in [0.15, 0.2) is 28.9 Å². The van der Waals surface area contributed by atoms with Gasteiger partial charge in [0.2, 0.25) is 5.95 Å². The number of aromatic amines is 1. The van der Waals surface area contributed by atoms with Gasteiger partial charge in [-0.15, -0.1) is 0 Å². The largest absolute Gasteiger partial charge is 0.382 e. The molecule has 232 valence electrons. The molecule has 43 heavy (non-hydrogen) atoms. The summed E-state index contributed by atoms with van der Waals surface area (Å²) in [5, 5.41) is 0. The zero-order chi connectivity index (χ0) is 30.2. The fourth-order valence-electron chi connectivity index (χ4n) is 5.68. The van der Waals surface area contributed by atoms with Gasteiger partial charge in [-0.25, -0.2) is 19.9 Å². The average molecular weight is 640 g/mol. The lowest BCUT2D eigenvalue weighted by atomic mass is 10.1. The van der Waals surface area contributed by atoms with Gasteiger partial charge in [-0.1, -0.05) is 0 Å². The molecule has 21 heteroatoms. The summed E-state index contributed by atoms with van der Waals surface area (Å²) in [4.78, 5) is 44.8. The van der Waals surface area contributed by atoms with Crippen LogP contribution in [0.4, 0.5) is 11.8 Å². The van der Waals surface area contributed by atoms with Gasteiger partial charge in [0.25, 0.3) is 5.56 Å². The number of aromatic nitrogens is 8. The molecule has 6 rings (SSSR count). The van der Waals surface area contributed by atoms with Crippen molar-refractivity contribution in [2.45, 2.75) is 49.8 Å². The molecule has 0 spiro atoms. The third kappa shape index (κ3) is 5.94. The zero-order valence-corrected chi connectivity index (χ0v) is 24.7. The van der Waals surface area contributed by atoms with Crippen LogP contribution in [-0.2, 0) is 32.2 Å². The molecule has 1 saturated carbocycles. The number of anilines is 2. The van der Waals surface area contributed by atoms with Gasteiger partial charge in [0.1, 0.15) is 30.2 Å². The van der Waals surface area contributed by atoms with Crippen LogP contribution >= 0.6 is 16.5 Å². The fourth-order valence-corrected chi connectivity index (χ4v) is 6.90. The first-order chi connectivity index (χ1) is 20.7. The number of hydrogen-bond acceptors (Lipinski definition) is 15. The Labute approximate surface area is 243 Å². The van der Waals surface area contributed by atoms with Crippen LogP contribution in [0.25, 0.3) is 22.3 Å². The van der Waals surface area contributed by atoms with E-state index in [1.54, 1.807) is 6.33 Å². The zero-order valence-electron chi connectivity index (χ0n) is 22.7. The number of imidazole rings is 2. The van der Waals surface area contributed by atoms with Crippen molar-refractivity contribution in [3.8, 4) is 0 Å². The van der Waals surface area contributed by atoms with Crippen LogP contribution in [0.2, 0.25) is 0 Å². The third-order valence-corrected chi connectivity index (χ3v) is 8.90. The molecular weight excluding hydrogens is 610 g/mol. The number of fused-ring (bicyclic) bond motifs is 2. The molecule has 5 heterocycles. The maximum absolute atomic E-state index is 13.2. The van der Waals surface area contributed by atoms with E-state index in [0.29, 0.717) is 17.0 Å². The molecular formula is C22H30N10O9P2. The Kier molecular flexibility index (Phi) is 8.57. The summed E-state index contributed by atoms with van der Waals surface area (Å²) in [6.07, 6.45) is 2.85. The van der Waals surface area contributed by atoms with Gasteiger partial charge in [-0.2, -0.15) is 4.98 Å². The summed E-state index contributed by atoms with van der Waals surface area (Å²) in [6.45, 7) is -0.148. The van der Waals surface area contributed by atoms with E-state index < -0.39 is 46.6 Å². The van der Waals surface area contributed by atoms with Crippen molar-refractivity contribution in [3.63, 3.8) is 0 Å². The summed E-state index contributed by atoms with van der Waals surface area (Å²) in [7, 11) is -5.02. The Balaban J connectivity index is 1.15. The van der Waals surface area contributed by atoms with Gasteiger partial charge in [0, 0.05) is 13.2 Å². The molecule has 4 aromatic heterocycles. The maximum atomic E-state index is 13.2. The molecule has 2 fully saturated rings. The molecule has 19 nitrogen and oxygen atoms in total. The highest BCUT2D eigenvalue weighted by Gasteiger charge is 2.49. The lowest BCUT2D eigenvalue weighted by molar-refractivity contribution is -0.0486. The predicted molar refractivity (Wildman–Crippen MR) is 150 cm³/mol. The van der Waals surface area contributed by atoms with Crippen molar-refractivity contribution in [1.82, 2.24) is 39.0 Å². The monoisotopic (exact) mass is 640 g/mol. The van der Waals surface area contributed by atoms with E-state index in [0.717, 1.165) is 19.3 Å². The van der Waals surface area contributed by atoms with Crippen LogP contribution in [0, 0.1) is 5.92 Å². The molecule has 1 aliphatic carbocycles. The second-order valence-electron chi connectivity index (χ2n) is 10.2. The molecule has 0 radical (unpaired) electrons. The summed E-state index contributed by atoms with van der Waals surface area (Å²) in [5.41, 5.74) is 12.4. The number of hydrogen-bond donors (Lipinski definition) is 4. The number of methoxy groups -OCH3 is 1. The molecule has 0 bridgehead atoms. The Morgan fingerprint density at radius 1 is 1.05 bits per heavy atom. The Hall–Kier alpha value is -3.28. The van der Waals surface area contributed by atoms with Crippen LogP contribution in [0.15, 0.2) is 23.8 Å². The number of nitrogens with one attached hydrogen (secondary N) is 1. The van der Waals surface area contributed by atoms with Crippen LogP contribution in [0.3, 0.4) is 0 Å². The molecule has 6 N–H and O–H groups in total. The Morgan fingerprint density at radius 2 is 1.84 bits per heavy atom. The van der Waals surface area contributed by atoms with Gasteiger partial charge in [-0.05, 0) is 25.2 Å². The SMILES string of the molecule is CO[C@H]1[C@@H](O[PH](=O)OC[C@@H]2CC[C@H](n3cnc4c(N)ncnc43)C2)[C@H](n2cnc3c(=O)[nH]c(N)nc32)O[C@@H]1CO[PH](=O)O. The minimum Gasteiger partial charge on any atom is -0.382 e. The van der Waals surface area contributed by atoms with Gasteiger partial charge < -0.3 is 39.4 Å². The predicted octanol–water partition coefficient (Wildman–Crippen LogP) is 0.568. The van der Waals surface area contributed by atoms with Crippen molar-refractivity contribution in [1.29, 1.82) is 0 Å². The van der Waals surface area contributed by atoms with Gasteiger partial charge in [-0.3, -0.25) is 28.0 Å². The first-order valence-electron chi connectivity index (χ1n) is 13.3. The smallest absolute Gasteiger partial charge is 0.319 e. The topological polar surface area (TPSA) is 260 Å². The van der Waals surface area contributed by atoms with Crippen LogP contribution in [0.1, 0.15) is 31.5 Å². The average Bonchev–Trinajstić information content (AvgIpc) is 3.75. The lowest BCUT2D eigenvalue weighted by Gasteiger charge is -2.23. The number of nitrogens with two attached hydrogens (primary N) is 2. The molecule has 0 amide bonds. The molecule has 2 aliphatic rings. The summed E-state index contributed by atoms with van der Waals surface area (Å²) < 4.78 is 55.8. The van der Waals surface area contributed by atoms with Crippen LogP contribution in [-0.4, -0.2) is 82.6 Å². The van der Waals surface area contributed by atoms with E-state index in [9.17, 15) is 18.8 Å². The Morgan fingerprint density at radius 3 is 2.63 bits per heavy atom. The number of H-pyrrole nitrogens is 1. The highest BCUT2D eigenvalue weighted by atomic mass is 31.1. The molecule has 1 aliphatic heterocycles. The van der Waals surface area contributed by atoms with E-state index in [1.165, 1.54) is 24.3 Å². The minimum absolute atomic E-state index is 0.00913. The maximum Gasteiger partial charge on any atom is 0.319 e. The van der Waals surface area contributed by atoms with Crippen LogP contribution in [0.5, 0.6) is 0 Å².